The molecule has 1 fully saturated rings. The van der Waals surface area contributed by atoms with Crippen molar-refractivity contribution in [3.8, 4) is 5.75 Å². The van der Waals surface area contributed by atoms with Crippen LogP contribution in [0.1, 0.15) is 32.4 Å². The van der Waals surface area contributed by atoms with E-state index in [0.29, 0.717) is 25.2 Å². The van der Waals surface area contributed by atoms with Crippen molar-refractivity contribution < 1.29 is 19.6 Å². The van der Waals surface area contributed by atoms with Crippen molar-refractivity contribution in [2.45, 2.75) is 32.4 Å². The number of carbonyl (C=O) groups is 1. The lowest BCUT2D eigenvalue weighted by atomic mass is 10.0. The Labute approximate surface area is 134 Å². The highest BCUT2D eigenvalue weighted by molar-refractivity contribution is 5.69. The summed E-state index contributed by atoms with van der Waals surface area (Å²) in [5.41, 5.74) is -0.350. The Kier molecular flexibility index (Phi) is 4.74. The number of hydrogen-bond donors (Lipinski definition) is 2. The predicted molar refractivity (Wildman–Crippen MR) is 83.3 cm³/mol. The molecule has 1 aromatic rings. The first kappa shape index (κ1) is 17.0. The third-order valence-corrected chi connectivity index (χ3v) is 3.45. The van der Waals surface area contributed by atoms with Gasteiger partial charge in [0.1, 0.15) is 5.60 Å². The van der Waals surface area contributed by atoms with E-state index in [1.807, 2.05) is 0 Å². The maximum Gasteiger partial charge on any atom is 0.410 e. The van der Waals surface area contributed by atoms with E-state index in [9.17, 15) is 20.0 Å². The first-order chi connectivity index (χ1) is 10.7. The van der Waals surface area contributed by atoms with E-state index in [2.05, 4.69) is 5.32 Å². The smallest absolute Gasteiger partial charge is 0.410 e. The summed E-state index contributed by atoms with van der Waals surface area (Å²) < 4.78 is 5.41. The molecule has 1 aromatic carbocycles. The molecule has 1 amide bonds. The second-order valence-corrected chi connectivity index (χ2v) is 6.40. The summed E-state index contributed by atoms with van der Waals surface area (Å²) in [6.45, 7) is 6.95. The number of nitro groups is 1. The maximum atomic E-state index is 12.4. The number of phenolic OH excluding ortho intramolecular Hbond substituents is 1. The summed E-state index contributed by atoms with van der Waals surface area (Å²) in [5, 5.41) is 23.8. The number of ether oxygens (including phenoxy) is 1. The van der Waals surface area contributed by atoms with Crippen LogP contribution in [0.3, 0.4) is 0 Å². The lowest BCUT2D eigenvalue weighted by Gasteiger charge is -2.37. The molecule has 0 radical (unpaired) electrons. The van der Waals surface area contributed by atoms with Gasteiger partial charge in [-0.25, -0.2) is 4.79 Å². The molecule has 2 N–H and O–H groups in total. The first-order valence-electron chi connectivity index (χ1n) is 7.36. The molecule has 1 heterocycles. The van der Waals surface area contributed by atoms with Gasteiger partial charge < -0.3 is 15.2 Å². The fourth-order valence-corrected chi connectivity index (χ4v) is 2.44. The molecular formula is C15H21N3O5. The van der Waals surface area contributed by atoms with Crippen LogP contribution < -0.4 is 5.32 Å². The number of hydrogen-bond acceptors (Lipinski definition) is 6. The second kappa shape index (κ2) is 6.41. The molecular weight excluding hydrogens is 302 g/mol. The summed E-state index contributed by atoms with van der Waals surface area (Å²) in [4.78, 5) is 24.1. The number of rotatable bonds is 2. The fourth-order valence-electron chi connectivity index (χ4n) is 2.44. The fraction of sp³-hybridized carbons (Fsp3) is 0.533. The molecule has 1 aliphatic heterocycles. The number of phenols is 1. The zero-order valence-corrected chi connectivity index (χ0v) is 13.4. The Balaban J connectivity index is 2.26. The molecule has 0 aromatic heterocycles. The van der Waals surface area contributed by atoms with Gasteiger partial charge in [-0.3, -0.25) is 15.0 Å². The van der Waals surface area contributed by atoms with Crippen molar-refractivity contribution in [1.29, 1.82) is 0 Å². The highest BCUT2D eigenvalue weighted by atomic mass is 16.6. The Morgan fingerprint density at radius 2 is 2.17 bits per heavy atom. The van der Waals surface area contributed by atoms with Crippen LogP contribution in [0.15, 0.2) is 18.2 Å². The van der Waals surface area contributed by atoms with E-state index in [4.69, 9.17) is 4.74 Å². The number of benzene rings is 1. The van der Waals surface area contributed by atoms with Crippen LogP contribution in [0.2, 0.25) is 0 Å². The van der Waals surface area contributed by atoms with Gasteiger partial charge in [0.05, 0.1) is 11.0 Å². The molecule has 0 spiro atoms. The van der Waals surface area contributed by atoms with Crippen LogP contribution in [0.25, 0.3) is 0 Å². The van der Waals surface area contributed by atoms with E-state index in [1.165, 1.54) is 12.1 Å². The van der Waals surface area contributed by atoms with Crippen molar-refractivity contribution in [2.24, 2.45) is 0 Å². The van der Waals surface area contributed by atoms with Crippen molar-refractivity contribution in [2.75, 3.05) is 19.6 Å². The number of nitrogens with one attached hydrogen (secondary N) is 1. The highest BCUT2D eigenvalue weighted by Crippen LogP contribution is 2.32. The molecule has 8 nitrogen and oxygen atoms in total. The molecule has 0 saturated carbocycles. The van der Waals surface area contributed by atoms with Crippen molar-refractivity contribution in [1.82, 2.24) is 10.2 Å². The molecule has 1 saturated heterocycles. The van der Waals surface area contributed by atoms with Gasteiger partial charge in [-0.1, -0.05) is 0 Å². The Bertz CT molecular complexity index is 612. The molecule has 2 rings (SSSR count). The van der Waals surface area contributed by atoms with Crippen LogP contribution in [-0.4, -0.2) is 46.3 Å². The van der Waals surface area contributed by atoms with Crippen LogP contribution in [0.5, 0.6) is 5.75 Å². The Hall–Kier alpha value is -2.35. The Morgan fingerprint density at radius 3 is 2.74 bits per heavy atom. The van der Waals surface area contributed by atoms with Gasteiger partial charge in [-0.05, 0) is 38.5 Å². The normalized spacial score (nSPS) is 18.6. The summed E-state index contributed by atoms with van der Waals surface area (Å²) >= 11 is 0. The van der Waals surface area contributed by atoms with E-state index in [0.717, 1.165) is 0 Å². The summed E-state index contributed by atoms with van der Waals surface area (Å²) in [5.74, 6) is -0.415. The topological polar surface area (TPSA) is 105 Å². The molecule has 1 unspecified atom stereocenters. The molecule has 126 valence electrons. The van der Waals surface area contributed by atoms with Crippen molar-refractivity contribution in [3.63, 3.8) is 0 Å². The zero-order valence-electron chi connectivity index (χ0n) is 13.4. The number of piperazine rings is 1. The lowest BCUT2D eigenvalue weighted by molar-refractivity contribution is -0.385. The van der Waals surface area contributed by atoms with Gasteiger partial charge in [0.25, 0.3) is 0 Å². The number of amides is 1. The monoisotopic (exact) mass is 323 g/mol. The van der Waals surface area contributed by atoms with Crippen molar-refractivity contribution >= 4 is 11.8 Å². The van der Waals surface area contributed by atoms with Crippen LogP contribution in [0.4, 0.5) is 10.5 Å². The number of carbonyl (C=O) groups excluding carboxylic acids is 1. The molecule has 0 bridgehead atoms. The van der Waals surface area contributed by atoms with Gasteiger partial charge in [0.15, 0.2) is 5.75 Å². The van der Waals surface area contributed by atoms with Gasteiger partial charge in [-0.2, -0.15) is 0 Å². The number of nitro benzene ring substituents is 1. The largest absolute Gasteiger partial charge is 0.502 e. The first-order valence-corrected chi connectivity index (χ1v) is 7.36. The van der Waals surface area contributed by atoms with Crippen LogP contribution in [0, 0.1) is 10.1 Å². The average Bonchev–Trinajstić information content (AvgIpc) is 2.45. The Morgan fingerprint density at radius 1 is 1.48 bits per heavy atom. The number of nitrogens with zero attached hydrogens (tertiary/aromatic N) is 2. The molecule has 0 aliphatic carbocycles. The molecule has 23 heavy (non-hydrogen) atoms. The minimum atomic E-state index is -0.649. The van der Waals surface area contributed by atoms with Gasteiger partial charge in [0.2, 0.25) is 0 Å². The highest BCUT2D eigenvalue weighted by Gasteiger charge is 2.32. The van der Waals surface area contributed by atoms with Gasteiger partial charge >= 0.3 is 11.8 Å². The van der Waals surface area contributed by atoms with Crippen LogP contribution >= 0.6 is 0 Å². The third kappa shape index (κ3) is 4.10. The zero-order chi connectivity index (χ0) is 17.2. The minimum Gasteiger partial charge on any atom is -0.502 e. The van der Waals surface area contributed by atoms with E-state index < -0.39 is 22.4 Å². The number of aromatic hydroxyl groups is 1. The quantitative estimate of drug-likeness (QED) is 0.638. The standard InChI is InChI=1S/C15H21N3O5/c1-15(2,3)23-14(20)17-7-6-16-9-12(17)10-4-5-11(18(21)22)13(19)8-10/h4-5,8,12,16,19H,6-7,9H2,1-3H3. The summed E-state index contributed by atoms with van der Waals surface area (Å²) in [7, 11) is 0. The SMILES string of the molecule is CC(C)(C)OC(=O)N1CCNCC1c1ccc([N+](=O)[O-])c(O)c1. The maximum absolute atomic E-state index is 12.4. The summed E-state index contributed by atoms with van der Waals surface area (Å²) in [6.07, 6.45) is -0.443. The average molecular weight is 323 g/mol. The van der Waals surface area contributed by atoms with Crippen LogP contribution in [-0.2, 0) is 4.74 Å². The van der Waals surface area contributed by atoms with Gasteiger partial charge in [0, 0.05) is 25.7 Å². The van der Waals surface area contributed by atoms with Gasteiger partial charge in [-0.15, -0.1) is 0 Å². The van der Waals surface area contributed by atoms with E-state index in [1.54, 1.807) is 31.7 Å². The molecule has 1 atom stereocenters. The molecule has 8 heteroatoms. The second-order valence-electron chi connectivity index (χ2n) is 6.40. The van der Waals surface area contributed by atoms with Crippen molar-refractivity contribution in [3.05, 3.63) is 33.9 Å². The van der Waals surface area contributed by atoms with E-state index in [-0.39, 0.29) is 11.7 Å². The predicted octanol–water partition coefficient (Wildman–Crippen LogP) is 2.18. The van der Waals surface area contributed by atoms with E-state index >= 15 is 0 Å². The summed E-state index contributed by atoms with van der Waals surface area (Å²) in [6, 6.07) is 3.76. The lowest BCUT2D eigenvalue weighted by Crippen LogP contribution is -2.50. The third-order valence-electron chi connectivity index (χ3n) is 3.45. The molecule has 1 aliphatic rings. The minimum absolute atomic E-state index is 0.356.